The van der Waals surface area contributed by atoms with Crippen molar-refractivity contribution in [1.82, 2.24) is 4.98 Å². The Morgan fingerprint density at radius 1 is 1.33 bits per heavy atom. The molecule has 0 bridgehead atoms. The van der Waals surface area contributed by atoms with Crippen LogP contribution in [0, 0.1) is 0 Å². The molecule has 0 radical (unpaired) electrons. The summed E-state index contributed by atoms with van der Waals surface area (Å²) in [5, 5.41) is 3.74. The molecule has 24 heavy (non-hydrogen) atoms. The van der Waals surface area contributed by atoms with Gasteiger partial charge in [0.15, 0.2) is 11.6 Å². The molecule has 1 aromatic heterocycles. The normalized spacial score (nSPS) is 11.3. The van der Waals surface area contributed by atoms with Gasteiger partial charge < -0.3 is 5.32 Å². The predicted molar refractivity (Wildman–Crippen MR) is 102 cm³/mol. The van der Waals surface area contributed by atoms with Crippen LogP contribution in [0.2, 0.25) is 5.02 Å². The Balaban J connectivity index is 2.18. The highest BCUT2D eigenvalue weighted by Gasteiger charge is 2.09. The molecule has 5 heteroatoms. The molecule has 124 valence electrons. The van der Waals surface area contributed by atoms with Gasteiger partial charge in [0.05, 0.1) is 16.3 Å². The number of hydrogen-bond acceptors (Lipinski definition) is 4. The summed E-state index contributed by atoms with van der Waals surface area (Å²) in [4.78, 5) is 20.6. The third-order valence-corrected chi connectivity index (χ3v) is 3.73. The molecule has 0 amide bonds. The molecule has 0 spiro atoms. The second-order valence-electron chi connectivity index (χ2n) is 5.14. The number of carbonyl (C=O) groups is 1. The lowest BCUT2D eigenvalue weighted by molar-refractivity contribution is 0.0982. The zero-order chi connectivity index (χ0) is 17.4. The van der Waals surface area contributed by atoms with Gasteiger partial charge in [-0.1, -0.05) is 36.7 Å². The minimum Gasteiger partial charge on any atom is -0.386 e. The maximum atomic E-state index is 12.1. The fourth-order valence-electron chi connectivity index (χ4n) is 2.28. The smallest absolute Gasteiger partial charge is 0.166 e. The summed E-state index contributed by atoms with van der Waals surface area (Å²) in [5.41, 5.74) is 2.38. The molecule has 0 fully saturated rings. The monoisotopic (exact) mass is 341 g/mol. The van der Waals surface area contributed by atoms with E-state index in [2.05, 4.69) is 15.3 Å². The number of rotatable bonds is 7. The van der Waals surface area contributed by atoms with Crippen LogP contribution in [0.15, 0.2) is 47.6 Å². The number of pyridine rings is 1. The summed E-state index contributed by atoms with van der Waals surface area (Å²) in [5.74, 6) is 0.509. The van der Waals surface area contributed by atoms with E-state index in [9.17, 15) is 4.79 Å². The number of aliphatic imine (C=N–C) groups is 1. The Bertz CT molecular complexity index is 769. The van der Waals surface area contributed by atoms with Gasteiger partial charge in [-0.15, -0.1) is 0 Å². The highest BCUT2D eigenvalue weighted by Crippen LogP contribution is 2.26. The van der Waals surface area contributed by atoms with Crippen LogP contribution in [0.3, 0.4) is 0 Å². The second-order valence-corrected chi connectivity index (χ2v) is 5.55. The molecule has 0 saturated heterocycles. The number of para-hydroxylation sites is 1. The van der Waals surface area contributed by atoms with Gasteiger partial charge in [0.1, 0.15) is 0 Å². The van der Waals surface area contributed by atoms with Crippen LogP contribution in [-0.4, -0.2) is 24.0 Å². The van der Waals surface area contributed by atoms with E-state index in [0.717, 1.165) is 17.7 Å². The highest BCUT2D eigenvalue weighted by atomic mass is 35.5. The topological polar surface area (TPSA) is 54.4 Å². The van der Waals surface area contributed by atoms with Crippen molar-refractivity contribution < 1.29 is 4.79 Å². The number of carbonyl (C=O) groups excluding carboxylic acids is 1. The molecular weight excluding hydrogens is 322 g/mol. The van der Waals surface area contributed by atoms with Gasteiger partial charge in [0.2, 0.25) is 0 Å². The highest BCUT2D eigenvalue weighted by molar-refractivity contribution is 6.33. The Morgan fingerprint density at radius 2 is 2.17 bits per heavy atom. The Kier molecular flexibility index (Phi) is 6.70. The fraction of sp³-hybridized carbons (Fsp3) is 0.211. The van der Waals surface area contributed by atoms with Gasteiger partial charge in [-0.05, 0) is 36.3 Å². The van der Waals surface area contributed by atoms with Crippen molar-refractivity contribution in [2.45, 2.75) is 19.8 Å². The van der Waals surface area contributed by atoms with Crippen LogP contribution in [0.25, 0.3) is 6.08 Å². The molecule has 4 nitrogen and oxygen atoms in total. The number of anilines is 1. The lowest BCUT2D eigenvalue weighted by atomic mass is 10.1. The van der Waals surface area contributed by atoms with Gasteiger partial charge in [0, 0.05) is 25.9 Å². The molecule has 1 N–H and O–H groups in total. The van der Waals surface area contributed by atoms with Crippen LogP contribution >= 0.6 is 11.6 Å². The first-order chi connectivity index (χ1) is 11.7. The maximum absolute atomic E-state index is 12.1. The molecule has 1 heterocycles. The Hall–Kier alpha value is -2.46. The first-order valence-electron chi connectivity index (χ1n) is 7.82. The average molecular weight is 342 g/mol. The number of nitrogens with one attached hydrogen (secondary N) is 1. The third-order valence-electron chi connectivity index (χ3n) is 3.42. The largest absolute Gasteiger partial charge is 0.386 e. The summed E-state index contributed by atoms with van der Waals surface area (Å²) in [6, 6.07) is 9.19. The summed E-state index contributed by atoms with van der Waals surface area (Å²) in [6.45, 7) is 1.98. The third kappa shape index (κ3) is 4.52. The number of nitrogens with zero attached hydrogens (tertiary/aromatic N) is 2. The number of hydrogen-bond donors (Lipinski definition) is 1. The first kappa shape index (κ1) is 17.9. The zero-order valence-electron chi connectivity index (χ0n) is 13.8. The van der Waals surface area contributed by atoms with Crippen molar-refractivity contribution in [2.24, 2.45) is 4.99 Å². The SMILES string of the molecule is CCCC(=O)c1cccnc1N=CC=Cc1cccc(Cl)c1NC. The number of Topliss-reactive ketones (excluding diaryl/α,β-unsaturated/α-hetero) is 1. The van der Waals surface area contributed by atoms with Crippen LogP contribution in [0.5, 0.6) is 0 Å². The Morgan fingerprint density at radius 3 is 2.92 bits per heavy atom. The van der Waals surface area contributed by atoms with E-state index < -0.39 is 0 Å². The summed E-state index contributed by atoms with van der Waals surface area (Å²) in [6.07, 6.45) is 8.27. The number of ketones is 1. The predicted octanol–water partition coefficient (Wildman–Crippen LogP) is 5.18. The van der Waals surface area contributed by atoms with Crippen LogP contribution < -0.4 is 5.32 Å². The fourth-order valence-corrected chi connectivity index (χ4v) is 2.56. The van der Waals surface area contributed by atoms with E-state index in [1.807, 2.05) is 38.2 Å². The Labute approximate surface area is 147 Å². The van der Waals surface area contributed by atoms with Crippen molar-refractivity contribution in [1.29, 1.82) is 0 Å². The van der Waals surface area contributed by atoms with E-state index in [-0.39, 0.29) is 5.78 Å². The number of allylic oxidation sites excluding steroid dienone is 1. The summed E-state index contributed by atoms with van der Waals surface area (Å²) < 4.78 is 0. The van der Waals surface area contributed by atoms with Crippen molar-refractivity contribution >= 4 is 41.2 Å². The molecule has 0 atom stereocenters. The number of halogens is 1. The van der Waals surface area contributed by atoms with E-state index in [0.29, 0.717) is 22.8 Å². The molecule has 2 rings (SSSR count). The molecule has 0 aliphatic rings. The van der Waals surface area contributed by atoms with Crippen LogP contribution in [0.1, 0.15) is 35.7 Å². The van der Waals surface area contributed by atoms with E-state index in [1.54, 1.807) is 30.6 Å². The van der Waals surface area contributed by atoms with Crippen LogP contribution in [0.4, 0.5) is 11.5 Å². The average Bonchev–Trinajstić information content (AvgIpc) is 2.59. The van der Waals surface area contributed by atoms with Crippen molar-refractivity contribution in [3.05, 3.63) is 58.8 Å². The summed E-state index contributed by atoms with van der Waals surface area (Å²) in [7, 11) is 1.83. The minimum absolute atomic E-state index is 0.0639. The van der Waals surface area contributed by atoms with Gasteiger partial charge in [0.25, 0.3) is 0 Å². The minimum atomic E-state index is 0.0639. The molecule has 0 unspecified atom stereocenters. The molecular formula is C19H20ClN3O. The van der Waals surface area contributed by atoms with E-state index in [1.165, 1.54) is 0 Å². The first-order valence-corrected chi connectivity index (χ1v) is 8.20. The quantitative estimate of drug-likeness (QED) is 0.558. The number of benzene rings is 1. The summed E-state index contributed by atoms with van der Waals surface area (Å²) >= 11 is 6.15. The van der Waals surface area contributed by atoms with Gasteiger partial charge in [-0.2, -0.15) is 0 Å². The molecule has 0 aliphatic heterocycles. The van der Waals surface area contributed by atoms with Gasteiger partial charge >= 0.3 is 0 Å². The zero-order valence-corrected chi connectivity index (χ0v) is 14.5. The lowest BCUT2D eigenvalue weighted by Gasteiger charge is -2.06. The molecule has 2 aromatic rings. The second kappa shape index (κ2) is 8.99. The molecule has 1 aromatic carbocycles. The van der Waals surface area contributed by atoms with E-state index >= 15 is 0 Å². The molecule has 0 saturated carbocycles. The van der Waals surface area contributed by atoms with E-state index in [4.69, 9.17) is 11.6 Å². The van der Waals surface area contributed by atoms with Crippen molar-refractivity contribution in [2.75, 3.05) is 12.4 Å². The maximum Gasteiger partial charge on any atom is 0.166 e. The molecule has 0 aliphatic carbocycles. The number of aromatic nitrogens is 1. The van der Waals surface area contributed by atoms with Gasteiger partial charge in [-0.3, -0.25) is 4.79 Å². The standard InChI is InChI=1S/C19H20ClN3O/c1-3-7-17(24)15-10-6-13-23-19(15)22-12-5-9-14-8-4-11-16(20)18(14)21-2/h4-6,8-13,21H,3,7H2,1-2H3. The van der Waals surface area contributed by atoms with Crippen molar-refractivity contribution in [3.63, 3.8) is 0 Å². The van der Waals surface area contributed by atoms with Crippen LogP contribution in [-0.2, 0) is 0 Å². The van der Waals surface area contributed by atoms with Crippen molar-refractivity contribution in [3.8, 4) is 0 Å². The lowest BCUT2D eigenvalue weighted by Crippen LogP contribution is -1.99. The van der Waals surface area contributed by atoms with Gasteiger partial charge in [-0.25, -0.2) is 9.98 Å².